The fourth-order valence-electron chi connectivity index (χ4n) is 4.07. The predicted octanol–water partition coefficient (Wildman–Crippen LogP) is 4.98. The first-order chi connectivity index (χ1) is 14.1. The first kappa shape index (κ1) is 17.4. The lowest BCUT2D eigenvalue weighted by Gasteiger charge is -2.27. The van der Waals surface area contributed by atoms with Gasteiger partial charge in [0.05, 0.1) is 11.7 Å². The van der Waals surface area contributed by atoms with Crippen LogP contribution in [0.15, 0.2) is 84.9 Å². The molecule has 1 aliphatic heterocycles. The van der Waals surface area contributed by atoms with Gasteiger partial charge < -0.3 is 0 Å². The number of anilines is 1. The fraction of sp³-hybridized carbons (Fsp3) is 0.0833. The first-order valence-corrected chi connectivity index (χ1v) is 9.41. The van der Waals surface area contributed by atoms with E-state index in [1.807, 2.05) is 67.7 Å². The van der Waals surface area contributed by atoms with Gasteiger partial charge in [-0.15, -0.1) is 0 Å². The lowest BCUT2D eigenvalue weighted by Crippen LogP contribution is -2.29. The number of hydrogen-bond donors (Lipinski definition) is 0. The molecule has 0 spiro atoms. The highest BCUT2D eigenvalue weighted by Gasteiger charge is 2.44. The molecule has 0 aliphatic carbocycles. The summed E-state index contributed by atoms with van der Waals surface area (Å²) in [6.07, 6.45) is 0. The number of carbonyl (C=O) groups is 1. The van der Waals surface area contributed by atoms with Crippen molar-refractivity contribution in [3.63, 3.8) is 0 Å². The van der Waals surface area contributed by atoms with Crippen LogP contribution in [0.25, 0.3) is 11.3 Å². The summed E-state index contributed by atoms with van der Waals surface area (Å²) in [7, 11) is 1.85. The van der Waals surface area contributed by atoms with Gasteiger partial charge in [-0.2, -0.15) is 5.10 Å². The van der Waals surface area contributed by atoms with Crippen molar-refractivity contribution >= 4 is 11.6 Å². The number of para-hydroxylation sites is 1. The smallest absolute Gasteiger partial charge is 0.280 e. The molecule has 4 nitrogen and oxygen atoms in total. The molecular formula is C24H18FN3O. The summed E-state index contributed by atoms with van der Waals surface area (Å²) >= 11 is 0. The number of fused-ring (bicyclic) bond motifs is 1. The number of rotatable bonds is 3. The molecule has 0 bridgehead atoms. The van der Waals surface area contributed by atoms with E-state index in [9.17, 15) is 9.18 Å². The van der Waals surface area contributed by atoms with E-state index in [-0.39, 0.29) is 17.8 Å². The average Bonchev–Trinajstić information content (AvgIpc) is 3.23. The Balaban J connectivity index is 1.77. The van der Waals surface area contributed by atoms with Gasteiger partial charge in [0.2, 0.25) is 0 Å². The molecule has 0 fully saturated rings. The number of aryl methyl sites for hydroxylation is 1. The van der Waals surface area contributed by atoms with E-state index >= 15 is 0 Å². The van der Waals surface area contributed by atoms with Gasteiger partial charge >= 0.3 is 0 Å². The Labute approximate surface area is 167 Å². The molecule has 0 saturated carbocycles. The van der Waals surface area contributed by atoms with Crippen molar-refractivity contribution in [3.8, 4) is 11.3 Å². The maximum atomic E-state index is 13.6. The van der Waals surface area contributed by atoms with Gasteiger partial charge in [0.15, 0.2) is 5.69 Å². The average molecular weight is 383 g/mol. The zero-order valence-electron chi connectivity index (χ0n) is 15.8. The molecule has 4 aromatic rings. The van der Waals surface area contributed by atoms with Crippen molar-refractivity contribution in [3.05, 3.63) is 108 Å². The maximum absolute atomic E-state index is 13.6. The van der Waals surface area contributed by atoms with Crippen LogP contribution in [-0.4, -0.2) is 15.7 Å². The third-order valence-corrected chi connectivity index (χ3v) is 5.30. The number of benzene rings is 3. The molecule has 0 N–H and O–H groups in total. The number of hydrogen-bond acceptors (Lipinski definition) is 2. The number of aromatic nitrogens is 2. The van der Waals surface area contributed by atoms with Crippen LogP contribution in [0.1, 0.15) is 27.7 Å². The van der Waals surface area contributed by atoms with Crippen molar-refractivity contribution in [2.75, 3.05) is 4.90 Å². The molecule has 1 atom stereocenters. The van der Waals surface area contributed by atoms with Crippen LogP contribution in [0.5, 0.6) is 0 Å². The summed E-state index contributed by atoms with van der Waals surface area (Å²) in [5.41, 5.74) is 4.78. The summed E-state index contributed by atoms with van der Waals surface area (Å²) in [5.74, 6) is -0.461. The summed E-state index contributed by atoms with van der Waals surface area (Å²) < 4.78 is 15.4. The number of amides is 1. The summed E-state index contributed by atoms with van der Waals surface area (Å²) in [4.78, 5) is 15.2. The molecule has 0 saturated heterocycles. The van der Waals surface area contributed by atoms with Crippen molar-refractivity contribution in [2.24, 2.45) is 7.05 Å². The van der Waals surface area contributed by atoms with E-state index in [0.717, 1.165) is 28.1 Å². The minimum absolute atomic E-state index is 0.154. The lowest BCUT2D eigenvalue weighted by atomic mass is 9.95. The highest BCUT2D eigenvalue weighted by Crippen LogP contribution is 2.45. The Morgan fingerprint density at radius 1 is 0.862 bits per heavy atom. The minimum Gasteiger partial charge on any atom is -0.295 e. The van der Waals surface area contributed by atoms with Crippen LogP contribution in [-0.2, 0) is 7.05 Å². The number of carbonyl (C=O) groups excluding carboxylic acids is 1. The number of nitrogens with zero attached hydrogens (tertiary/aromatic N) is 3. The van der Waals surface area contributed by atoms with Crippen LogP contribution in [0.2, 0.25) is 0 Å². The summed E-state index contributed by atoms with van der Waals surface area (Å²) in [6.45, 7) is 0. The van der Waals surface area contributed by atoms with Gasteiger partial charge in [0.1, 0.15) is 5.82 Å². The number of halogens is 1. The Kier molecular flexibility index (Phi) is 4.02. The highest BCUT2D eigenvalue weighted by atomic mass is 19.1. The molecule has 2 heterocycles. The highest BCUT2D eigenvalue weighted by molar-refractivity contribution is 6.11. The van der Waals surface area contributed by atoms with Crippen molar-refractivity contribution in [1.29, 1.82) is 0 Å². The fourth-order valence-corrected chi connectivity index (χ4v) is 4.07. The molecule has 5 heteroatoms. The molecular weight excluding hydrogens is 365 g/mol. The zero-order chi connectivity index (χ0) is 20.0. The largest absolute Gasteiger partial charge is 0.295 e. The first-order valence-electron chi connectivity index (χ1n) is 9.41. The predicted molar refractivity (Wildman–Crippen MR) is 110 cm³/mol. The second-order valence-electron chi connectivity index (χ2n) is 7.07. The molecule has 1 aromatic heterocycles. The van der Waals surface area contributed by atoms with Crippen molar-refractivity contribution < 1.29 is 9.18 Å². The Bertz CT molecular complexity index is 1180. The van der Waals surface area contributed by atoms with E-state index in [0.29, 0.717) is 5.69 Å². The summed E-state index contributed by atoms with van der Waals surface area (Å²) in [5, 5.41) is 4.57. The molecule has 29 heavy (non-hydrogen) atoms. The van der Waals surface area contributed by atoms with Crippen LogP contribution >= 0.6 is 0 Å². The van der Waals surface area contributed by atoms with E-state index in [2.05, 4.69) is 5.10 Å². The van der Waals surface area contributed by atoms with E-state index < -0.39 is 0 Å². The standard InChI is InChI=1S/C24H18FN3O/c1-27-22(16-8-4-2-5-9-16)20-21(26-27)24(29)28(19-10-6-3-7-11-19)23(20)17-12-14-18(25)15-13-17/h2-15,23H,1H3. The van der Waals surface area contributed by atoms with Gasteiger partial charge in [0.25, 0.3) is 5.91 Å². The van der Waals surface area contributed by atoms with Gasteiger partial charge in [-0.25, -0.2) is 4.39 Å². The van der Waals surface area contributed by atoms with Gasteiger partial charge in [-0.1, -0.05) is 60.7 Å². The molecule has 1 aliphatic rings. The van der Waals surface area contributed by atoms with E-state index in [4.69, 9.17) is 0 Å². The third-order valence-electron chi connectivity index (χ3n) is 5.30. The topological polar surface area (TPSA) is 38.1 Å². The van der Waals surface area contributed by atoms with Gasteiger partial charge in [0, 0.05) is 23.9 Å². The van der Waals surface area contributed by atoms with Gasteiger partial charge in [-0.05, 0) is 29.8 Å². The van der Waals surface area contributed by atoms with Crippen LogP contribution in [0, 0.1) is 5.82 Å². The minimum atomic E-state index is -0.385. The Morgan fingerprint density at radius 3 is 2.14 bits per heavy atom. The normalized spacial score (nSPS) is 15.6. The molecule has 1 amide bonds. The molecule has 1 unspecified atom stereocenters. The summed E-state index contributed by atoms with van der Waals surface area (Å²) in [6, 6.07) is 25.4. The van der Waals surface area contributed by atoms with E-state index in [1.165, 1.54) is 12.1 Å². The second kappa shape index (κ2) is 6.71. The quantitative estimate of drug-likeness (QED) is 0.501. The molecule has 3 aromatic carbocycles. The lowest BCUT2D eigenvalue weighted by molar-refractivity contribution is 0.0988. The molecule has 142 valence electrons. The zero-order valence-corrected chi connectivity index (χ0v) is 15.8. The van der Waals surface area contributed by atoms with E-state index in [1.54, 1.807) is 21.7 Å². The maximum Gasteiger partial charge on any atom is 0.280 e. The molecule has 5 rings (SSSR count). The van der Waals surface area contributed by atoms with Crippen molar-refractivity contribution in [2.45, 2.75) is 6.04 Å². The van der Waals surface area contributed by atoms with Crippen LogP contribution in [0.4, 0.5) is 10.1 Å². The SMILES string of the molecule is Cn1nc2c(c1-c1ccccc1)C(c1ccc(F)cc1)N(c1ccccc1)C2=O. The van der Waals surface area contributed by atoms with Crippen LogP contribution in [0.3, 0.4) is 0 Å². The Hall–Kier alpha value is -3.73. The van der Waals surface area contributed by atoms with Crippen molar-refractivity contribution in [1.82, 2.24) is 9.78 Å². The van der Waals surface area contributed by atoms with Crippen LogP contribution < -0.4 is 4.90 Å². The van der Waals surface area contributed by atoms with Gasteiger partial charge in [-0.3, -0.25) is 14.4 Å². The monoisotopic (exact) mass is 383 g/mol. The molecule has 0 radical (unpaired) electrons. The third kappa shape index (κ3) is 2.74. The Morgan fingerprint density at radius 2 is 1.48 bits per heavy atom. The second-order valence-corrected chi connectivity index (χ2v) is 7.07.